The van der Waals surface area contributed by atoms with Crippen molar-refractivity contribution in [3.8, 4) is 50.6 Å². The number of aromatic nitrogens is 9. The molecule has 3 amide bonds. The van der Waals surface area contributed by atoms with Crippen molar-refractivity contribution in [3.63, 3.8) is 0 Å². The largest absolute Gasteiger partial charge is 0.494 e. The molecule has 144 heavy (non-hydrogen) atoms. The number of anilines is 3. The number of fused-ring (bicyclic) bond motifs is 9. The molecule has 0 spiro atoms. The Morgan fingerprint density at radius 1 is 0.375 bits per heavy atom. The number of ether oxygens (including phenoxy) is 3. The molecule has 3 N–H and O–H groups in total. The molecule has 0 saturated heterocycles. The summed E-state index contributed by atoms with van der Waals surface area (Å²) in [5.74, 6) is -3.58. The summed E-state index contributed by atoms with van der Waals surface area (Å²) in [7, 11) is 5.65. The second-order valence-electron chi connectivity index (χ2n) is 37.1. The fourth-order valence-corrected chi connectivity index (χ4v) is 21.7. The van der Waals surface area contributed by atoms with Gasteiger partial charge in [-0.15, -0.1) is 0 Å². The topological polar surface area (TPSA) is 269 Å². The lowest BCUT2D eigenvalue weighted by Crippen LogP contribution is -2.32. The van der Waals surface area contributed by atoms with E-state index in [4.69, 9.17) is 83.8 Å². The van der Waals surface area contributed by atoms with E-state index < -0.39 is 46.9 Å². The molecule has 3 aliphatic rings. The third kappa shape index (κ3) is 19.9. The van der Waals surface area contributed by atoms with E-state index >= 15 is 4.39 Å². The first kappa shape index (κ1) is 104. The lowest BCUT2D eigenvalue weighted by atomic mass is 9.98. The van der Waals surface area contributed by atoms with E-state index in [1.165, 1.54) is 28.0 Å². The SMILES string of the molecule is Cc1cc(OCCCc2c3n(c4c(-c5c(C)nn(C)c5C)c(Cl)ccc24)CCCN(c2ccc(C(=O)O)c(C(F)(F)F)c2)C3=O)cc(C)c1Cl.Cc1cc(OCCCc2c3n(c4c(-c5c(C)nn(C)c5C)c(Cl)ccc24)CCCN(c2ccc(C(=O)O)cc2F)C3=O)cc(C)c1Cl.Cc1ccc(N2CCCn3c(c(CCCOc4cc(C)c(Cl)c(C)c4)c4ccc(Cl)c(-c5c(C)nn(C)c5C)c43)C2=O)cc1C(=O)O. The maximum atomic E-state index is 15.4. The number of alkyl halides is 3. The fourth-order valence-electron chi connectivity index (χ4n) is 20.6. The number of aryl methyl sites for hydroxylation is 19. The zero-order valence-electron chi connectivity index (χ0n) is 82.5. The molecule has 15 aromatic rings. The van der Waals surface area contributed by atoms with Crippen LogP contribution in [0.3, 0.4) is 0 Å². The Balaban J connectivity index is 0.000000155. The highest BCUT2D eigenvalue weighted by Crippen LogP contribution is 2.50. The Hall–Kier alpha value is -13.1. The average molecular weight is 2080 g/mol. The molecule has 9 heterocycles. The van der Waals surface area contributed by atoms with Gasteiger partial charge in [0.05, 0.1) is 96.5 Å². The lowest BCUT2D eigenvalue weighted by Gasteiger charge is -2.23. The van der Waals surface area contributed by atoms with E-state index in [9.17, 15) is 57.3 Å². The van der Waals surface area contributed by atoms with Crippen molar-refractivity contribution in [3.05, 3.63) is 292 Å². The van der Waals surface area contributed by atoms with Crippen molar-refractivity contribution >= 4 is 155 Å². The molecule has 0 bridgehead atoms. The average Bonchev–Trinajstić information content (AvgIpc) is 1.57. The summed E-state index contributed by atoms with van der Waals surface area (Å²) in [6.45, 7) is 28.6. The Labute approximate surface area is 860 Å². The number of carboxylic acids is 3. The molecular weight excluding hydrogens is 1970 g/mol. The van der Waals surface area contributed by atoms with Gasteiger partial charge in [-0.05, 0) is 307 Å². The maximum Gasteiger partial charge on any atom is 0.417 e. The standard InChI is InChI=1S/C37H35Cl2F3N4O4.C37H38Cl2N4O4.C36H35Cl2FN4O4/c1-19-16-24(17-20(2)32(19)39)50-15-6-8-25-26-11-12-29(38)31(30-21(3)43-44(5)22(30)4)33(26)46-14-7-13-45(35(47)34(25)46)23-9-10-27(36(48)49)28(18-23)37(40,41)42;1-20-10-11-25(19-29(20)37(45)46)42-14-8-15-43-34-28(12-13-30(38)32(34)31-23(4)40-41(6)24(31)5)27(35(43)36(42)44)9-7-16-47-26-17-21(2)33(39)22(3)18-26;1-19-16-24(17-20(2)32(19)38)47-15-6-8-25-26-10-11-27(37)31(30-21(3)40-41(5)22(30)4)33(26)43-14-7-13-42(35(44)34(25)43)29-12-9-23(36(45)46)18-28(29)39/h9-12,16-18H,6-8,13-15H2,1-5H3,(H,48,49);10-13,17-19H,7-9,14-16H2,1-6H3,(H,45,46);9-12,16-18H,6-8,13-15H2,1-5H3,(H,45,46). The number of rotatable bonds is 24. The zero-order valence-corrected chi connectivity index (χ0v) is 87.0. The summed E-state index contributed by atoms with van der Waals surface area (Å²) < 4.78 is 87.4. The van der Waals surface area contributed by atoms with Crippen molar-refractivity contribution in [1.29, 1.82) is 0 Å². The molecule has 0 radical (unpaired) electrons. The summed E-state index contributed by atoms with van der Waals surface area (Å²) in [5.41, 5.74) is 21.3. The highest BCUT2D eigenvalue weighted by molar-refractivity contribution is 6.37. The van der Waals surface area contributed by atoms with Crippen LogP contribution < -0.4 is 28.9 Å². The highest BCUT2D eigenvalue weighted by atomic mass is 35.5. The van der Waals surface area contributed by atoms with Gasteiger partial charge in [0.2, 0.25) is 0 Å². The Kier molecular flexibility index (Phi) is 30.2. The lowest BCUT2D eigenvalue weighted by molar-refractivity contribution is -0.138. The number of nitrogens with zero attached hydrogens (tertiary/aromatic N) is 12. The summed E-state index contributed by atoms with van der Waals surface area (Å²) in [6.07, 6.45) is -0.00612. The summed E-state index contributed by atoms with van der Waals surface area (Å²) in [6, 6.07) is 34.6. The van der Waals surface area contributed by atoms with Gasteiger partial charge < -0.3 is 57.9 Å². The van der Waals surface area contributed by atoms with Crippen molar-refractivity contribution in [2.45, 2.75) is 174 Å². The minimum Gasteiger partial charge on any atom is -0.494 e. The number of aromatic carboxylic acids is 3. The Bertz CT molecular complexity index is 7700. The van der Waals surface area contributed by atoms with Gasteiger partial charge in [-0.3, -0.25) is 28.4 Å². The molecule has 0 saturated carbocycles. The van der Waals surface area contributed by atoms with Crippen LogP contribution in [-0.4, -0.2) is 133 Å². The van der Waals surface area contributed by atoms with Gasteiger partial charge in [-0.1, -0.05) is 93.9 Å². The Morgan fingerprint density at radius 3 is 1.01 bits per heavy atom. The third-order valence-corrected chi connectivity index (χ3v) is 30.3. The smallest absolute Gasteiger partial charge is 0.417 e. The first-order valence-corrected chi connectivity index (χ1v) is 49.6. The number of carbonyl (C=O) groups is 6. The number of hydrogen-bond acceptors (Lipinski definition) is 12. The van der Waals surface area contributed by atoms with Gasteiger partial charge in [-0.2, -0.15) is 28.5 Å². The van der Waals surface area contributed by atoms with Crippen LogP contribution in [0.25, 0.3) is 66.1 Å². The van der Waals surface area contributed by atoms with E-state index in [1.54, 1.807) is 34.7 Å². The van der Waals surface area contributed by atoms with Crippen LogP contribution >= 0.6 is 69.6 Å². The highest BCUT2D eigenvalue weighted by Gasteiger charge is 2.41. The molecular formula is C110H108Cl6F4N12O12. The van der Waals surface area contributed by atoms with Crippen LogP contribution in [0.2, 0.25) is 30.1 Å². The van der Waals surface area contributed by atoms with Crippen LogP contribution in [0, 0.1) is 95.8 Å². The van der Waals surface area contributed by atoms with E-state index in [2.05, 4.69) is 19.9 Å². The molecule has 3 aliphatic heterocycles. The molecule has 0 aliphatic carbocycles. The van der Waals surface area contributed by atoms with E-state index in [0.29, 0.717) is 163 Å². The molecule has 750 valence electrons. The van der Waals surface area contributed by atoms with Crippen LogP contribution in [-0.2, 0) is 66.2 Å². The first-order chi connectivity index (χ1) is 68.4. The maximum absolute atomic E-state index is 15.4. The molecule has 18 rings (SSSR count). The van der Waals surface area contributed by atoms with Gasteiger partial charge >= 0.3 is 24.1 Å². The van der Waals surface area contributed by atoms with Crippen molar-refractivity contribution in [2.24, 2.45) is 21.1 Å². The number of carbonyl (C=O) groups excluding carboxylic acids is 3. The van der Waals surface area contributed by atoms with E-state index in [-0.39, 0.29) is 47.4 Å². The van der Waals surface area contributed by atoms with Crippen molar-refractivity contribution in [1.82, 2.24) is 43.0 Å². The predicted octanol–water partition coefficient (Wildman–Crippen LogP) is 26.5. The van der Waals surface area contributed by atoms with E-state index in [0.717, 1.165) is 185 Å². The van der Waals surface area contributed by atoms with Crippen LogP contribution in [0.4, 0.5) is 34.6 Å². The van der Waals surface area contributed by atoms with Gasteiger partial charge in [-0.25, -0.2) is 18.8 Å². The summed E-state index contributed by atoms with van der Waals surface area (Å²) in [5, 5.41) is 49.0. The van der Waals surface area contributed by atoms with Gasteiger partial charge in [0.25, 0.3) is 17.7 Å². The minimum absolute atomic E-state index is 0.0361. The second-order valence-corrected chi connectivity index (χ2v) is 39.5. The van der Waals surface area contributed by atoms with Gasteiger partial charge in [0.1, 0.15) is 40.1 Å². The third-order valence-electron chi connectivity index (χ3n) is 27.6. The second kappa shape index (κ2) is 41.9. The zero-order chi connectivity index (χ0) is 104. The molecule has 6 aromatic heterocycles. The number of benzene rings is 9. The number of amides is 3. The van der Waals surface area contributed by atoms with E-state index in [1.807, 2.05) is 196 Å². The minimum atomic E-state index is -4.94. The van der Waals surface area contributed by atoms with Crippen molar-refractivity contribution in [2.75, 3.05) is 54.2 Å². The monoisotopic (exact) mass is 2070 g/mol. The Morgan fingerprint density at radius 2 is 0.701 bits per heavy atom. The number of carboxylic acid groups (broad SMARTS) is 3. The van der Waals surface area contributed by atoms with Crippen LogP contribution in [0.1, 0.15) is 196 Å². The normalized spacial score (nSPS) is 13.4. The van der Waals surface area contributed by atoms with Crippen molar-refractivity contribution < 1.29 is 75.9 Å². The van der Waals surface area contributed by atoms with Crippen LogP contribution in [0.15, 0.2) is 127 Å². The fraction of sp³-hybridized carbons (Fsp3) is 0.318. The number of halogens is 10. The molecule has 34 heteroatoms. The predicted molar refractivity (Wildman–Crippen MR) is 559 cm³/mol. The molecule has 24 nitrogen and oxygen atoms in total. The van der Waals surface area contributed by atoms with Gasteiger partial charge in [0.15, 0.2) is 0 Å². The quantitative estimate of drug-likeness (QED) is 0.0375. The summed E-state index contributed by atoms with van der Waals surface area (Å²) >= 11 is 40.0. The molecule has 0 unspecified atom stereocenters. The van der Waals surface area contributed by atoms with Crippen LogP contribution in [0.5, 0.6) is 17.2 Å². The first-order valence-electron chi connectivity index (χ1n) is 47.3. The number of hydrogen-bond donors (Lipinski definition) is 3. The van der Waals surface area contributed by atoms with Gasteiger partial charge in [0, 0.05) is 153 Å². The molecule has 0 atom stereocenters. The molecule has 9 aromatic carbocycles. The summed E-state index contributed by atoms with van der Waals surface area (Å²) in [4.78, 5) is 83.5. The molecule has 0 fully saturated rings.